The molecule has 3 unspecified atom stereocenters. The monoisotopic (exact) mass is 283 g/mol. The quantitative estimate of drug-likeness (QED) is 0.817. The third-order valence-electron chi connectivity index (χ3n) is 4.93. The molecule has 0 heterocycles. The van der Waals surface area contributed by atoms with Crippen LogP contribution in [0.3, 0.4) is 0 Å². The lowest BCUT2D eigenvalue weighted by Crippen LogP contribution is -2.25. The van der Waals surface area contributed by atoms with Gasteiger partial charge in [-0.1, -0.05) is 25.8 Å². The zero-order valence-electron chi connectivity index (χ0n) is 11.6. The summed E-state index contributed by atoms with van der Waals surface area (Å²) in [7, 11) is 0. The van der Waals surface area contributed by atoms with Crippen LogP contribution in [0.1, 0.15) is 44.2 Å². The normalized spacial score (nSPS) is 29.9. The topological polar surface area (TPSA) is 12.0 Å². The largest absolute Gasteiger partial charge is 0.310 e. The van der Waals surface area contributed by atoms with Crippen LogP contribution >= 0.6 is 0 Å². The Morgan fingerprint density at radius 1 is 1.10 bits per heavy atom. The highest BCUT2D eigenvalue weighted by Crippen LogP contribution is 2.60. The van der Waals surface area contributed by atoms with Crippen molar-refractivity contribution in [2.45, 2.75) is 38.6 Å². The van der Waals surface area contributed by atoms with Gasteiger partial charge in [0.2, 0.25) is 0 Å². The molecule has 2 aliphatic rings. The van der Waals surface area contributed by atoms with Crippen molar-refractivity contribution in [3.63, 3.8) is 0 Å². The summed E-state index contributed by atoms with van der Waals surface area (Å²) in [6, 6.07) is 2.23. The van der Waals surface area contributed by atoms with Crippen molar-refractivity contribution in [1.82, 2.24) is 5.32 Å². The van der Waals surface area contributed by atoms with E-state index < -0.39 is 17.5 Å². The molecule has 0 aliphatic heterocycles. The second-order valence-electron chi connectivity index (χ2n) is 5.99. The van der Waals surface area contributed by atoms with E-state index in [0.29, 0.717) is 24.3 Å². The fourth-order valence-corrected chi connectivity index (χ4v) is 4.00. The molecular formula is C16H20F3N. The summed E-state index contributed by atoms with van der Waals surface area (Å²) in [5.74, 6) is -1.87. The van der Waals surface area contributed by atoms with Crippen LogP contribution in [-0.2, 0) is 0 Å². The predicted octanol–water partition coefficient (Wildman–Crippen LogP) is 4.19. The number of hydrogen-bond acceptors (Lipinski definition) is 1. The van der Waals surface area contributed by atoms with Crippen LogP contribution in [-0.4, -0.2) is 6.54 Å². The molecule has 0 aromatic heterocycles. The van der Waals surface area contributed by atoms with Gasteiger partial charge in [0.15, 0.2) is 17.5 Å². The van der Waals surface area contributed by atoms with Gasteiger partial charge >= 0.3 is 0 Å². The van der Waals surface area contributed by atoms with Gasteiger partial charge in [-0.05, 0) is 43.2 Å². The van der Waals surface area contributed by atoms with Crippen molar-refractivity contribution in [1.29, 1.82) is 0 Å². The van der Waals surface area contributed by atoms with Crippen LogP contribution in [0.2, 0.25) is 0 Å². The molecule has 3 rings (SSSR count). The van der Waals surface area contributed by atoms with Crippen LogP contribution in [0.25, 0.3) is 0 Å². The van der Waals surface area contributed by atoms with E-state index >= 15 is 0 Å². The molecule has 1 aromatic carbocycles. The lowest BCUT2D eigenvalue weighted by Gasteiger charge is -2.20. The Hall–Kier alpha value is -1.03. The first-order valence-corrected chi connectivity index (χ1v) is 7.52. The van der Waals surface area contributed by atoms with Crippen LogP contribution < -0.4 is 5.32 Å². The molecule has 1 nitrogen and oxygen atoms in total. The summed E-state index contributed by atoms with van der Waals surface area (Å²) in [6.07, 6.45) is 4.83. The van der Waals surface area contributed by atoms with E-state index in [-0.39, 0.29) is 11.6 Å². The first-order valence-electron chi connectivity index (χ1n) is 7.52. The molecule has 0 saturated heterocycles. The van der Waals surface area contributed by atoms with E-state index in [4.69, 9.17) is 0 Å². The molecular weight excluding hydrogens is 263 g/mol. The Bertz CT molecular complexity index is 491. The minimum Gasteiger partial charge on any atom is -0.310 e. The molecule has 1 aromatic rings. The summed E-state index contributed by atoms with van der Waals surface area (Å²) >= 11 is 0. The van der Waals surface area contributed by atoms with E-state index in [1.54, 1.807) is 0 Å². The van der Waals surface area contributed by atoms with Gasteiger partial charge < -0.3 is 5.32 Å². The number of rotatable bonds is 4. The molecule has 4 heteroatoms. The molecule has 0 spiro atoms. The maximum absolute atomic E-state index is 14.0. The Morgan fingerprint density at radius 3 is 2.35 bits per heavy atom. The molecule has 2 fully saturated rings. The van der Waals surface area contributed by atoms with Gasteiger partial charge in [0.25, 0.3) is 0 Å². The van der Waals surface area contributed by atoms with Gasteiger partial charge in [-0.2, -0.15) is 0 Å². The SMILES string of the molecule is CCNC(c1ccc(F)c(F)c1F)C1C2CCCCC21. The van der Waals surface area contributed by atoms with E-state index in [1.807, 2.05) is 6.92 Å². The second-order valence-corrected chi connectivity index (χ2v) is 5.99. The number of halogens is 3. The highest BCUT2D eigenvalue weighted by Gasteiger charge is 2.54. The summed E-state index contributed by atoms with van der Waals surface area (Å²) in [5.41, 5.74) is 0.283. The van der Waals surface area contributed by atoms with Crippen LogP contribution in [0.4, 0.5) is 13.2 Å². The molecule has 2 aliphatic carbocycles. The fraction of sp³-hybridized carbons (Fsp3) is 0.625. The average Bonchev–Trinajstić information content (AvgIpc) is 3.17. The Morgan fingerprint density at radius 2 is 1.75 bits per heavy atom. The first-order chi connectivity index (χ1) is 9.65. The maximum Gasteiger partial charge on any atom is 0.194 e. The zero-order chi connectivity index (χ0) is 14.3. The predicted molar refractivity (Wildman–Crippen MR) is 71.7 cm³/mol. The molecule has 1 N–H and O–H groups in total. The zero-order valence-corrected chi connectivity index (χ0v) is 11.6. The van der Waals surface area contributed by atoms with E-state index in [1.165, 1.54) is 31.7 Å². The highest BCUT2D eigenvalue weighted by atomic mass is 19.2. The summed E-state index contributed by atoms with van der Waals surface area (Å²) in [4.78, 5) is 0. The fourth-order valence-electron chi connectivity index (χ4n) is 4.00. The Labute approximate surface area is 117 Å². The van der Waals surface area contributed by atoms with Crippen LogP contribution in [0.5, 0.6) is 0 Å². The van der Waals surface area contributed by atoms with Crippen molar-refractivity contribution in [2.24, 2.45) is 17.8 Å². The summed E-state index contributed by atoms with van der Waals surface area (Å²) in [5, 5.41) is 3.28. The smallest absolute Gasteiger partial charge is 0.194 e. The first kappa shape index (κ1) is 13.9. The molecule has 0 bridgehead atoms. The summed E-state index contributed by atoms with van der Waals surface area (Å²) in [6.45, 7) is 2.65. The average molecular weight is 283 g/mol. The van der Waals surface area contributed by atoms with Crippen molar-refractivity contribution >= 4 is 0 Å². The highest BCUT2D eigenvalue weighted by molar-refractivity contribution is 5.27. The standard InChI is InChI=1S/C16H20F3N/c1-2-20-16(13-9-5-3-4-6-10(9)13)11-7-8-12(17)15(19)14(11)18/h7-10,13,16,20H,2-6H2,1H3. The van der Waals surface area contributed by atoms with Crippen LogP contribution in [0, 0.1) is 35.2 Å². The minimum absolute atomic E-state index is 0.191. The van der Waals surface area contributed by atoms with Gasteiger partial charge in [-0.15, -0.1) is 0 Å². The number of fused-ring (bicyclic) bond motifs is 1. The van der Waals surface area contributed by atoms with Gasteiger partial charge in [-0.25, -0.2) is 13.2 Å². The van der Waals surface area contributed by atoms with Crippen LogP contribution in [0.15, 0.2) is 12.1 Å². The Kier molecular flexibility index (Phi) is 3.76. The molecule has 2 saturated carbocycles. The number of hydrogen-bond donors (Lipinski definition) is 1. The number of nitrogens with one attached hydrogen (secondary N) is 1. The molecule has 3 atom stereocenters. The maximum atomic E-state index is 14.0. The van der Waals surface area contributed by atoms with Gasteiger partial charge in [-0.3, -0.25) is 0 Å². The molecule has 110 valence electrons. The van der Waals surface area contributed by atoms with E-state index in [9.17, 15) is 13.2 Å². The second kappa shape index (κ2) is 5.40. The van der Waals surface area contributed by atoms with Crippen molar-refractivity contribution in [3.05, 3.63) is 35.1 Å². The van der Waals surface area contributed by atoms with E-state index in [2.05, 4.69) is 5.32 Å². The van der Waals surface area contributed by atoms with Gasteiger partial charge in [0.1, 0.15) is 0 Å². The van der Waals surface area contributed by atoms with Gasteiger partial charge in [0, 0.05) is 11.6 Å². The van der Waals surface area contributed by atoms with E-state index in [0.717, 1.165) is 6.07 Å². The molecule has 20 heavy (non-hydrogen) atoms. The molecule has 0 radical (unpaired) electrons. The number of benzene rings is 1. The van der Waals surface area contributed by atoms with Gasteiger partial charge in [0.05, 0.1) is 0 Å². The van der Waals surface area contributed by atoms with Crippen molar-refractivity contribution in [2.75, 3.05) is 6.54 Å². The third kappa shape index (κ3) is 2.24. The lowest BCUT2D eigenvalue weighted by atomic mass is 9.98. The third-order valence-corrected chi connectivity index (χ3v) is 4.93. The lowest BCUT2D eigenvalue weighted by molar-refractivity contribution is 0.401. The van der Waals surface area contributed by atoms with Crippen molar-refractivity contribution < 1.29 is 13.2 Å². The summed E-state index contributed by atoms with van der Waals surface area (Å²) < 4.78 is 40.6. The Balaban J connectivity index is 1.90. The van der Waals surface area contributed by atoms with Crippen molar-refractivity contribution in [3.8, 4) is 0 Å². The minimum atomic E-state index is -1.35. The molecule has 0 amide bonds.